The second-order valence-corrected chi connectivity index (χ2v) is 4.66. The molecule has 0 saturated carbocycles. The van der Waals surface area contributed by atoms with Crippen LogP contribution in [0.15, 0.2) is 48.5 Å². The molecule has 2 aromatic carbocycles. The lowest BCUT2D eigenvalue weighted by molar-refractivity contribution is 0.821. The van der Waals surface area contributed by atoms with Crippen molar-refractivity contribution in [3.8, 4) is 0 Å². The fraction of sp³-hybridized carbons (Fsp3) is 0.200. The molecule has 0 saturated heterocycles. The number of nitrogen functional groups attached to an aromatic ring is 1. The molecular weight excluding hydrogens is 230 g/mol. The Labute approximate surface area is 107 Å². The Bertz CT molecular complexity index is 448. The first-order chi connectivity index (χ1) is 8.24. The highest BCUT2D eigenvalue weighted by molar-refractivity contribution is 6.30. The second-order valence-electron chi connectivity index (χ2n) is 4.23. The Morgan fingerprint density at radius 2 is 1.53 bits per heavy atom. The zero-order valence-corrected chi connectivity index (χ0v) is 10.5. The van der Waals surface area contributed by atoms with Crippen LogP contribution in [0.4, 0.5) is 5.69 Å². The largest absolute Gasteiger partial charge is 0.399 e. The molecule has 0 bridgehead atoms. The fourth-order valence-electron chi connectivity index (χ4n) is 1.94. The minimum absolute atomic E-state index is 0.812. The van der Waals surface area contributed by atoms with Gasteiger partial charge in [0, 0.05) is 10.7 Å². The van der Waals surface area contributed by atoms with Gasteiger partial charge in [-0.2, -0.15) is 0 Å². The van der Waals surface area contributed by atoms with Crippen LogP contribution >= 0.6 is 11.6 Å². The third-order valence-corrected chi connectivity index (χ3v) is 3.01. The highest BCUT2D eigenvalue weighted by Crippen LogP contribution is 2.14. The lowest BCUT2D eigenvalue weighted by atomic mass is 10.0. The van der Waals surface area contributed by atoms with Crippen molar-refractivity contribution in [2.75, 3.05) is 5.73 Å². The molecule has 0 aromatic heterocycles. The molecule has 0 heterocycles. The number of halogens is 1. The van der Waals surface area contributed by atoms with Crippen molar-refractivity contribution >= 4 is 17.3 Å². The van der Waals surface area contributed by atoms with Crippen molar-refractivity contribution in [1.29, 1.82) is 0 Å². The van der Waals surface area contributed by atoms with Gasteiger partial charge in [0.2, 0.25) is 0 Å². The zero-order chi connectivity index (χ0) is 12.1. The normalized spacial score (nSPS) is 10.4. The van der Waals surface area contributed by atoms with Gasteiger partial charge in [0.25, 0.3) is 0 Å². The number of hydrogen-bond donors (Lipinski definition) is 1. The third kappa shape index (κ3) is 3.79. The molecule has 0 fully saturated rings. The second kappa shape index (κ2) is 5.74. The molecule has 0 radical (unpaired) electrons. The predicted molar refractivity (Wildman–Crippen MR) is 74.3 cm³/mol. The smallest absolute Gasteiger partial charge is 0.0408 e. The van der Waals surface area contributed by atoms with Crippen LogP contribution in [0.2, 0.25) is 5.02 Å². The number of hydrogen-bond acceptors (Lipinski definition) is 1. The van der Waals surface area contributed by atoms with E-state index in [9.17, 15) is 0 Å². The monoisotopic (exact) mass is 245 g/mol. The van der Waals surface area contributed by atoms with Gasteiger partial charge in [0.1, 0.15) is 0 Å². The molecule has 0 aliphatic carbocycles. The fourth-order valence-corrected chi connectivity index (χ4v) is 2.15. The number of aryl methyl sites for hydroxylation is 2. The van der Waals surface area contributed by atoms with Crippen LogP contribution in [0.25, 0.3) is 0 Å². The van der Waals surface area contributed by atoms with E-state index in [1.165, 1.54) is 11.1 Å². The lowest BCUT2D eigenvalue weighted by Gasteiger charge is -2.03. The molecule has 0 spiro atoms. The first-order valence-electron chi connectivity index (χ1n) is 5.83. The molecule has 1 nitrogen and oxygen atoms in total. The van der Waals surface area contributed by atoms with Crippen molar-refractivity contribution in [2.24, 2.45) is 0 Å². The van der Waals surface area contributed by atoms with Gasteiger partial charge >= 0.3 is 0 Å². The van der Waals surface area contributed by atoms with Gasteiger partial charge in [-0.25, -0.2) is 0 Å². The van der Waals surface area contributed by atoms with Crippen LogP contribution in [0.1, 0.15) is 17.5 Å². The van der Waals surface area contributed by atoms with E-state index in [4.69, 9.17) is 17.3 Å². The standard InChI is InChI=1S/C15H16ClN/c16-14-8-2-6-12(10-14)4-1-5-13-7-3-9-15(17)11-13/h2-3,6-11H,1,4-5,17H2. The van der Waals surface area contributed by atoms with E-state index in [0.29, 0.717) is 0 Å². The Morgan fingerprint density at radius 3 is 2.18 bits per heavy atom. The average molecular weight is 246 g/mol. The van der Waals surface area contributed by atoms with Crippen molar-refractivity contribution in [1.82, 2.24) is 0 Å². The molecule has 17 heavy (non-hydrogen) atoms. The summed E-state index contributed by atoms with van der Waals surface area (Å²) in [5, 5.41) is 0.812. The molecule has 0 atom stereocenters. The molecule has 0 amide bonds. The number of benzene rings is 2. The van der Waals surface area contributed by atoms with E-state index in [0.717, 1.165) is 30.0 Å². The molecule has 2 N–H and O–H groups in total. The Kier molecular flexibility index (Phi) is 4.05. The molecule has 2 heteroatoms. The van der Waals surface area contributed by atoms with Crippen molar-refractivity contribution in [3.05, 3.63) is 64.7 Å². The van der Waals surface area contributed by atoms with Crippen molar-refractivity contribution in [2.45, 2.75) is 19.3 Å². The SMILES string of the molecule is Nc1cccc(CCCc2cccc(Cl)c2)c1. The quantitative estimate of drug-likeness (QED) is 0.807. The maximum Gasteiger partial charge on any atom is 0.0408 e. The van der Waals surface area contributed by atoms with E-state index in [-0.39, 0.29) is 0 Å². The van der Waals surface area contributed by atoms with Crippen LogP contribution in [0.5, 0.6) is 0 Å². The van der Waals surface area contributed by atoms with E-state index < -0.39 is 0 Å². The molecular formula is C15H16ClN. The van der Waals surface area contributed by atoms with Crippen LogP contribution < -0.4 is 5.73 Å². The zero-order valence-electron chi connectivity index (χ0n) is 9.70. The molecule has 2 aromatic rings. The highest BCUT2D eigenvalue weighted by Gasteiger charge is 1.97. The minimum Gasteiger partial charge on any atom is -0.399 e. The number of nitrogens with two attached hydrogens (primary N) is 1. The van der Waals surface area contributed by atoms with Crippen LogP contribution in [-0.4, -0.2) is 0 Å². The summed E-state index contributed by atoms with van der Waals surface area (Å²) in [5.74, 6) is 0. The van der Waals surface area contributed by atoms with Crippen molar-refractivity contribution < 1.29 is 0 Å². The predicted octanol–water partition coefficient (Wildman–Crippen LogP) is 4.10. The summed E-state index contributed by atoms with van der Waals surface area (Å²) in [7, 11) is 0. The topological polar surface area (TPSA) is 26.0 Å². The van der Waals surface area contributed by atoms with E-state index >= 15 is 0 Å². The van der Waals surface area contributed by atoms with Crippen LogP contribution in [-0.2, 0) is 12.8 Å². The lowest BCUT2D eigenvalue weighted by Crippen LogP contribution is -1.92. The highest BCUT2D eigenvalue weighted by atomic mass is 35.5. The van der Waals surface area contributed by atoms with E-state index in [1.807, 2.05) is 36.4 Å². The molecule has 0 unspecified atom stereocenters. The summed E-state index contributed by atoms with van der Waals surface area (Å²) in [6.45, 7) is 0. The van der Waals surface area contributed by atoms with E-state index in [2.05, 4.69) is 12.1 Å². The van der Waals surface area contributed by atoms with Gasteiger partial charge in [0.05, 0.1) is 0 Å². The number of anilines is 1. The van der Waals surface area contributed by atoms with Crippen molar-refractivity contribution in [3.63, 3.8) is 0 Å². The first-order valence-corrected chi connectivity index (χ1v) is 6.21. The van der Waals surface area contributed by atoms with Crippen LogP contribution in [0.3, 0.4) is 0 Å². The van der Waals surface area contributed by atoms with Gasteiger partial charge in [0.15, 0.2) is 0 Å². The van der Waals surface area contributed by atoms with Gasteiger partial charge in [-0.3, -0.25) is 0 Å². The summed E-state index contributed by atoms with van der Waals surface area (Å²) >= 11 is 5.95. The first kappa shape index (κ1) is 12.0. The summed E-state index contributed by atoms with van der Waals surface area (Å²) in [4.78, 5) is 0. The summed E-state index contributed by atoms with van der Waals surface area (Å²) in [6.07, 6.45) is 3.22. The van der Waals surface area contributed by atoms with Crippen LogP contribution in [0, 0.1) is 0 Å². The van der Waals surface area contributed by atoms with Gasteiger partial charge in [-0.05, 0) is 54.7 Å². The Morgan fingerprint density at radius 1 is 0.882 bits per heavy atom. The number of rotatable bonds is 4. The maximum atomic E-state index is 5.95. The van der Waals surface area contributed by atoms with Gasteiger partial charge in [-0.1, -0.05) is 35.9 Å². The average Bonchev–Trinajstić information content (AvgIpc) is 2.29. The molecule has 0 aliphatic rings. The minimum atomic E-state index is 0.812. The maximum absolute atomic E-state index is 5.95. The Hall–Kier alpha value is -1.47. The summed E-state index contributed by atoms with van der Waals surface area (Å²) in [5.41, 5.74) is 9.17. The third-order valence-electron chi connectivity index (χ3n) is 2.77. The molecule has 0 aliphatic heterocycles. The van der Waals surface area contributed by atoms with Gasteiger partial charge in [-0.15, -0.1) is 0 Å². The van der Waals surface area contributed by atoms with Gasteiger partial charge < -0.3 is 5.73 Å². The molecule has 2 rings (SSSR count). The molecule has 88 valence electrons. The summed E-state index contributed by atoms with van der Waals surface area (Å²) < 4.78 is 0. The summed E-state index contributed by atoms with van der Waals surface area (Å²) in [6, 6.07) is 16.1. The van der Waals surface area contributed by atoms with E-state index in [1.54, 1.807) is 0 Å². The Balaban J connectivity index is 1.87.